The normalized spacial score (nSPS) is 17.2. The van der Waals surface area contributed by atoms with E-state index in [9.17, 15) is 9.59 Å². The molecule has 1 aromatic heterocycles. The van der Waals surface area contributed by atoms with Crippen molar-refractivity contribution in [1.82, 2.24) is 25.3 Å². The van der Waals surface area contributed by atoms with Gasteiger partial charge in [0.1, 0.15) is 11.8 Å². The van der Waals surface area contributed by atoms with Crippen molar-refractivity contribution in [2.24, 2.45) is 0 Å². The van der Waals surface area contributed by atoms with Crippen molar-refractivity contribution in [3.05, 3.63) is 46.7 Å². The number of carbonyl (C=O) groups excluding carboxylic acids is 2. The van der Waals surface area contributed by atoms with E-state index in [2.05, 4.69) is 15.5 Å². The minimum absolute atomic E-state index is 0.0830. The minimum Gasteiger partial charge on any atom is -0.494 e. The first-order valence-electron chi connectivity index (χ1n) is 9.61. The van der Waals surface area contributed by atoms with Crippen molar-refractivity contribution < 1.29 is 14.3 Å². The van der Waals surface area contributed by atoms with Gasteiger partial charge in [-0.15, -0.1) is 0 Å². The third kappa shape index (κ3) is 5.48. The molecule has 1 saturated heterocycles. The number of piperazine rings is 1. The van der Waals surface area contributed by atoms with Gasteiger partial charge in [0.15, 0.2) is 0 Å². The van der Waals surface area contributed by atoms with Gasteiger partial charge in [0.25, 0.3) is 5.91 Å². The van der Waals surface area contributed by atoms with Gasteiger partial charge < -0.3 is 15.0 Å². The predicted octanol–water partition coefficient (Wildman–Crippen LogP) is 1.71. The van der Waals surface area contributed by atoms with Crippen molar-refractivity contribution in [3.63, 3.8) is 0 Å². The van der Waals surface area contributed by atoms with Crippen LogP contribution in [0.25, 0.3) is 0 Å². The highest BCUT2D eigenvalue weighted by Gasteiger charge is 2.33. The molecule has 1 aliphatic heterocycles. The molecule has 8 nitrogen and oxygen atoms in total. The molecular weight excluding hydrogens is 394 g/mol. The number of benzene rings is 1. The van der Waals surface area contributed by atoms with E-state index in [1.807, 2.05) is 31.0 Å². The largest absolute Gasteiger partial charge is 0.494 e. The molecule has 9 heteroatoms. The van der Waals surface area contributed by atoms with Crippen LogP contribution in [0.3, 0.4) is 0 Å². The standard InChI is InChI=1S/C20H26ClN5O3/c1-14-17(12-23-24-14)20(28)26-10-9-25(2)18(13-26)19(27)22-8-3-11-29-16-6-4-15(21)5-7-16/h4-7,12,18H,3,8-11,13H2,1-2H3,(H,22,27)(H,23,24). The van der Waals surface area contributed by atoms with E-state index in [-0.39, 0.29) is 17.9 Å². The first-order valence-corrected chi connectivity index (χ1v) is 9.99. The molecule has 2 heterocycles. The van der Waals surface area contributed by atoms with Gasteiger partial charge in [-0.2, -0.15) is 5.10 Å². The van der Waals surface area contributed by atoms with Gasteiger partial charge in [-0.3, -0.25) is 19.6 Å². The lowest BCUT2D eigenvalue weighted by Crippen LogP contribution is -2.58. The highest BCUT2D eigenvalue weighted by molar-refractivity contribution is 6.30. The van der Waals surface area contributed by atoms with E-state index >= 15 is 0 Å². The summed E-state index contributed by atoms with van der Waals surface area (Å²) in [7, 11) is 1.90. The van der Waals surface area contributed by atoms with E-state index in [1.54, 1.807) is 17.0 Å². The number of rotatable bonds is 7. The molecule has 1 unspecified atom stereocenters. The summed E-state index contributed by atoms with van der Waals surface area (Å²) in [6.07, 6.45) is 2.22. The Bertz CT molecular complexity index is 839. The quantitative estimate of drug-likeness (QED) is 0.667. The Kier molecular flexibility index (Phi) is 7.11. The topological polar surface area (TPSA) is 90.6 Å². The van der Waals surface area contributed by atoms with Gasteiger partial charge >= 0.3 is 0 Å². The first-order chi connectivity index (χ1) is 14.0. The summed E-state index contributed by atoms with van der Waals surface area (Å²) in [5.41, 5.74) is 1.28. The van der Waals surface area contributed by atoms with Gasteiger partial charge in [-0.05, 0) is 44.7 Å². The fourth-order valence-corrected chi connectivity index (χ4v) is 3.33. The fraction of sp³-hybridized carbons (Fsp3) is 0.450. The molecule has 0 saturated carbocycles. The second-order valence-electron chi connectivity index (χ2n) is 7.10. The molecule has 2 amide bonds. The van der Waals surface area contributed by atoms with Crippen LogP contribution >= 0.6 is 11.6 Å². The average Bonchev–Trinajstić information content (AvgIpc) is 3.14. The van der Waals surface area contributed by atoms with Crippen LogP contribution in [0.15, 0.2) is 30.5 Å². The van der Waals surface area contributed by atoms with E-state index in [0.717, 1.165) is 11.4 Å². The van der Waals surface area contributed by atoms with Crippen LogP contribution in [0.5, 0.6) is 5.75 Å². The number of H-pyrrole nitrogens is 1. The zero-order valence-corrected chi connectivity index (χ0v) is 17.4. The number of aromatic amines is 1. The maximum absolute atomic E-state index is 12.7. The maximum atomic E-state index is 12.7. The van der Waals surface area contributed by atoms with Crippen molar-refractivity contribution in [1.29, 1.82) is 0 Å². The van der Waals surface area contributed by atoms with Gasteiger partial charge in [-0.25, -0.2) is 0 Å². The molecule has 1 aromatic carbocycles. The lowest BCUT2D eigenvalue weighted by Gasteiger charge is -2.38. The molecule has 2 aromatic rings. The molecule has 1 aliphatic rings. The molecular formula is C20H26ClN5O3. The maximum Gasteiger partial charge on any atom is 0.257 e. The van der Waals surface area contributed by atoms with Gasteiger partial charge in [0.05, 0.1) is 18.4 Å². The van der Waals surface area contributed by atoms with Gasteiger partial charge in [0, 0.05) is 36.9 Å². The summed E-state index contributed by atoms with van der Waals surface area (Å²) < 4.78 is 5.63. The summed E-state index contributed by atoms with van der Waals surface area (Å²) in [6.45, 7) is 4.39. The summed E-state index contributed by atoms with van der Waals surface area (Å²) in [4.78, 5) is 29.0. The lowest BCUT2D eigenvalue weighted by molar-refractivity contribution is -0.127. The number of hydrogen-bond donors (Lipinski definition) is 2. The molecule has 2 N–H and O–H groups in total. The number of hydrogen-bond acceptors (Lipinski definition) is 5. The average molecular weight is 420 g/mol. The van der Waals surface area contributed by atoms with Gasteiger partial charge in [-0.1, -0.05) is 11.6 Å². The van der Waals surface area contributed by atoms with Crippen LogP contribution in [-0.4, -0.2) is 77.7 Å². The van der Waals surface area contributed by atoms with E-state index in [1.165, 1.54) is 6.20 Å². The van der Waals surface area contributed by atoms with Crippen LogP contribution in [0, 0.1) is 6.92 Å². The van der Waals surface area contributed by atoms with Gasteiger partial charge in [0.2, 0.25) is 5.91 Å². The summed E-state index contributed by atoms with van der Waals surface area (Å²) in [6, 6.07) is 6.79. The molecule has 0 bridgehead atoms. The number of amides is 2. The number of nitrogens with zero attached hydrogens (tertiary/aromatic N) is 3. The number of nitrogens with one attached hydrogen (secondary N) is 2. The van der Waals surface area contributed by atoms with Crippen molar-refractivity contribution in [2.75, 3.05) is 39.8 Å². The third-order valence-electron chi connectivity index (χ3n) is 5.00. The molecule has 0 radical (unpaired) electrons. The Balaban J connectivity index is 1.44. The van der Waals surface area contributed by atoms with E-state index in [4.69, 9.17) is 16.3 Å². The van der Waals surface area contributed by atoms with Crippen LogP contribution in [0.4, 0.5) is 0 Å². The number of aromatic nitrogens is 2. The summed E-state index contributed by atoms with van der Waals surface area (Å²) in [5, 5.41) is 10.3. The van der Waals surface area contributed by atoms with Crippen LogP contribution in [-0.2, 0) is 4.79 Å². The molecule has 156 valence electrons. The minimum atomic E-state index is -0.378. The molecule has 1 fully saturated rings. The Labute approximate surface area is 175 Å². The summed E-state index contributed by atoms with van der Waals surface area (Å²) >= 11 is 5.85. The van der Waals surface area contributed by atoms with Crippen LogP contribution in [0.1, 0.15) is 22.5 Å². The van der Waals surface area contributed by atoms with Crippen molar-refractivity contribution in [3.8, 4) is 5.75 Å². The Morgan fingerprint density at radius 1 is 1.31 bits per heavy atom. The van der Waals surface area contributed by atoms with E-state index < -0.39 is 0 Å². The number of aryl methyl sites for hydroxylation is 1. The summed E-state index contributed by atoms with van der Waals surface area (Å²) in [5.74, 6) is 0.565. The molecule has 3 rings (SSSR count). The Hall–Kier alpha value is -2.58. The van der Waals surface area contributed by atoms with Crippen molar-refractivity contribution in [2.45, 2.75) is 19.4 Å². The van der Waals surface area contributed by atoms with Crippen LogP contribution in [0.2, 0.25) is 5.02 Å². The highest BCUT2D eigenvalue weighted by Crippen LogP contribution is 2.16. The highest BCUT2D eigenvalue weighted by atomic mass is 35.5. The SMILES string of the molecule is Cc1[nH]ncc1C(=O)N1CCN(C)C(C(=O)NCCCOc2ccc(Cl)cc2)C1. The zero-order chi connectivity index (χ0) is 20.8. The fourth-order valence-electron chi connectivity index (χ4n) is 3.20. The zero-order valence-electron chi connectivity index (χ0n) is 16.7. The molecule has 1 atom stereocenters. The first kappa shape index (κ1) is 21.1. The Morgan fingerprint density at radius 3 is 2.76 bits per heavy atom. The Morgan fingerprint density at radius 2 is 2.07 bits per heavy atom. The lowest BCUT2D eigenvalue weighted by atomic mass is 10.1. The molecule has 0 aliphatic carbocycles. The third-order valence-corrected chi connectivity index (χ3v) is 5.25. The smallest absolute Gasteiger partial charge is 0.257 e. The number of carbonyl (C=O) groups is 2. The number of halogens is 1. The second kappa shape index (κ2) is 9.76. The van der Waals surface area contributed by atoms with Crippen molar-refractivity contribution >= 4 is 23.4 Å². The number of ether oxygens (including phenoxy) is 1. The predicted molar refractivity (Wildman–Crippen MR) is 110 cm³/mol. The second-order valence-corrected chi connectivity index (χ2v) is 7.54. The molecule has 29 heavy (non-hydrogen) atoms. The van der Waals surface area contributed by atoms with Crippen LogP contribution < -0.4 is 10.1 Å². The van der Waals surface area contributed by atoms with E-state index in [0.29, 0.717) is 49.8 Å². The number of likely N-dealkylation sites (N-methyl/N-ethyl adjacent to an activating group) is 1. The monoisotopic (exact) mass is 419 g/mol. The molecule has 0 spiro atoms.